The predicted molar refractivity (Wildman–Crippen MR) is 58.6 cm³/mol. The highest BCUT2D eigenvalue weighted by molar-refractivity contribution is 6.23. The highest BCUT2D eigenvalue weighted by atomic mass is 16.6. The van der Waals surface area contributed by atoms with Crippen molar-refractivity contribution in [3.05, 3.63) is 42.8 Å². The van der Waals surface area contributed by atoms with Crippen LogP contribution in [0.3, 0.4) is 0 Å². The van der Waals surface area contributed by atoms with Crippen LogP contribution in [0.5, 0.6) is 0 Å². The topological polar surface area (TPSA) is 120 Å². The van der Waals surface area contributed by atoms with Crippen LogP contribution in [-0.4, -0.2) is 21.4 Å². The lowest BCUT2D eigenvalue weighted by Crippen LogP contribution is -2.31. The van der Waals surface area contributed by atoms with Crippen LogP contribution in [0.2, 0.25) is 0 Å². The fraction of sp³-hybridized carbons (Fsp3) is 0.400. The Balaban J connectivity index is 3.61. The molecule has 8 heteroatoms. The molecule has 0 N–H and O–H groups in total. The number of hydrogen-bond acceptors (Lipinski definition) is 6. The van der Waals surface area contributed by atoms with E-state index in [-0.39, 0.29) is 0 Å². The summed E-state index contributed by atoms with van der Waals surface area (Å²) >= 11 is 0. The Bertz CT molecular complexity index is 541. The van der Waals surface area contributed by atoms with Gasteiger partial charge in [-0.2, -0.15) is 0 Å². The Hall–Kier alpha value is -2.38. The van der Waals surface area contributed by atoms with Gasteiger partial charge < -0.3 is 0 Å². The Morgan fingerprint density at radius 1 is 0.944 bits per heavy atom. The fourth-order valence-corrected chi connectivity index (χ4v) is 1.75. The van der Waals surface area contributed by atoms with Crippen LogP contribution in [0.4, 0.5) is 0 Å². The summed E-state index contributed by atoms with van der Waals surface area (Å²) in [6.07, 6.45) is 0. The molecule has 0 saturated carbocycles. The van der Waals surface area contributed by atoms with E-state index in [2.05, 4.69) is 0 Å². The molecule has 1 rings (SSSR count). The highest BCUT2D eigenvalue weighted by Crippen LogP contribution is 2.29. The van der Waals surface area contributed by atoms with Crippen molar-refractivity contribution in [1.29, 1.82) is 0 Å². The van der Waals surface area contributed by atoms with Crippen LogP contribution in [-0.2, 0) is 9.59 Å². The minimum atomic E-state index is -1.07. The van der Waals surface area contributed by atoms with Gasteiger partial charge >= 0.3 is 11.4 Å². The van der Waals surface area contributed by atoms with Crippen molar-refractivity contribution < 1.29 is 19.4 Å². The summed E-state index contributed by atoms with van der Waals surface area (Å²) in [5.74, 6) is -2.78. The van der Waals surface area contributed by atoms with E-state index in [1.54, 1.807) is 0 Å². The van der Waals surface area contributed by atoms with Crippen LogP contribution in [0.15, 0.2) is 22.5 Å². The molecule has 0 atom stereocenters. The first-order chi connectivity index (χ1) is 8.20. The van der Waals surface area contributed by atoms with Crippen LogP contribution in [0, 0.1) is 26.1 Å². The second-order valence-electron chi connectivity index (χ2n) is 4.06. The van der Waals surface area contributed by atoms with Crippen molar-refractivity contribution >= 4 is 11.6 Å². The van der Waals surface area contributed by atoms with E-state index in [0.29, 0.717) is 0 Å². The number of nitro groups is 2. The number of nitrogens with zero attached hydrogens (tertiary/aromatic N) is 2. The van der Waals surface area contributed by atoms with E-state index in [1.807, 2.05) is 0 Å². The lowest BCUT2D eigenvalue weighted by atomic mass is 9.86. The predicted octanol–water partition coefficient (Wildman–Crippen LogP) is 0.876. The molecular weight excluding hydrogens is 244 g/mol. The van der Waals surface area contributed by atoms with Crippen molar-refractivity contribution in [3.63, 3.8) is 0 Å². The number of ketones is 2. The third-order valence-electron chi connectivity index (χ3n) is 2.57. The molecule has 0 amide bonds. The summed E-state index contributed by atoms with van der Waals surface area (Å²) in [5.41, 5.74) is -2.66. The number of Topliss-reactive ketones (excluding diaryl/α,β-unsaturated/α-hetero) is 2. The lowest BCUT2D eigenvalue weighted by Gasteiger charge is -2.14. The minimum Gasteiger partial charge on any atom is -0.282 e. The Labute approximate surface area is 101 Å². The third-order valence-corrected chi connectivity index (χ3v) is 2.57. The van der Waals surface area contributed by atoms with E-state index in [9.17, 15) is 29.8 Å². The normalized spacial score (nSPS) is 16.7. The largest absolute Gasteiger partial charge is 0.324 e. The zero-order valence-corrected chi connectivity index (χ0v) is 9.92. The standard InChI is InChI=1S/C10H10N2O6/c1-4(2)6-8(12(17)18)9(13)5(3)7(10(6)14)11(15)16/h4H,1-3H3. The van der Waals surface area contributed by atoms with E-state index in [0.717, 1.165) is 6.92 Å². The van der Waals surface area contributed by atoms with E-state index in [1.165, 1.54) is 13.8 Å². The van der Waals surface area contributed by atoms with Crippen LogP contribution >= 0.6 is 0 Å². The Kier molecular flexibility index (Phi) is 3.40. The van der Waals surface area contributed by atoms with E-state index in [4.69, 9.17) is 0 Å². The number of carbonyl (C=O) groups is 2. The summed E-state index contributed by atoms with van der Waals surface area (Å²) < 4.78 is 0. The molecule has 0 fully saturated rings. The first kappa shape index (κ1) is 13.7. The zero-order valence-electron chi connectivity index (χ0n) is 9.92. The second-order valence-corrected chi connectivity index (χ2v) is 4.06. The fourth-order valence-electron chi connectivity index (χ4n) is 1.75. The van der Waals surface area contributed by atoms with Gasteiger partial charge in [0.25, 0.3) is 11.6 Å². The smallest absolute Gasteiger partial charge is 0.282 e. The van der Waals surface area contributed by atoms with Crippen molar-refractivity contribution in [2.24, 2.45) is 5.92 Å². The quantitative estimate of drug-likeness (QED) is 0.418. The summed E-state index contributed by atoms with van der Waals surface area (Å²) in [7, 11) is 0. The Morgan fingerprint density at radius 2 is 1.39 bits per heavy atom. The van der Waals surface area contributed by atoms with Gasteiger partial charge in [0.2, 0.25) is 0 Å². The maximum absolute atomic E-state index is 11.9. The number of hydrogen-bond donors (Lipinski definition) is 0. The molecule has 0 aromatic rings. The maximum atomic E-state index is 11.9. The monoisotopic (exact) mass is 254 g/mol. The molecule has 0 heterocycles. The summed E-state index contributed by atoms with van der Waals surface area (Å²) in [5, 5.41) is 21.6. The molecule has 0 unspecified atom stereocenters. The Morgan fingerprint density at radius 3 is 1.72 bits per heavy atom. The van der Waals surface area contributed by atoms with Crippen molar-refractivity contribution in [1.82, 2.24) is 0 Å². The minimum absolute atomic E-state index is 0.415. The highest BCUT2D eigenvalue weighted by Gasteiger charge is 2.46. The molecule has 96 valence electrons. The second kappa shape index (κ2) is 4.47. The maximum Gasteiger partial charge on any atom is 0.324 e. The summed E-state index contributed by atoms with van der Waals surface area (Å²) in [4.78, 5) is 43.2. The molecule has 1 aliphatic rings. The SMILES string of the molecule is CC1=C([N+](=O)[O-])C(=O)C(C(C)C)=C([N+](=O)[O-])C1=O. The molecule has 18 heavy (non-hydrogen) atoms. The lowest BCUT2D eigenvalue weighted by molar-refractivity contribution is -0.426. The first-order valence-electron chi connectivity index (χ1n) is 5.03. The molecular formula is C10H10N2O6. The van der Waals surface area contributed by atoms with E-state index < -0.39 is 49.9 Å². The van der Waals surface area contributed by atoms with E-state index >= 15 is 0 Å². The molecule has 1 aliphatic carbocycles. The van der Waals surface area contributed by atoms with Crippen LogP contribution < -0.4 is 0 Å². The zero-order chi connectivity index (χ0) is 14.2. The van der Waals surface area contributed by atoms with Gasteiger partial charge in [-0.3, -0.25) is 29.8 Å². The molecule has 0 aromatic heterocycles. The van der Waals surface area contributed by atoms with Gasteiger partial charge in [0.1, 0.15) is 0 Å². The first-order valence-corrected chi connectivity index (χ1v) is 5.03. The van der Waals surface area contributed by atoms with Gasteiger partial charge in [0.05, 0.1) is 21.0 Å². The average molecular weight is 254 g/mol. The van der Waals surface area contributed by atoms with Crippen LogP contribution in [0.25, 0.3) is 0 Å². The summed E-state index contributed by atoms with van der Waals surface area (Å²) in [6.45, 7) is 3.96. The third kappa shape index (κ3) is 1.92. The number of rotatable bonds is 3. The molecule has 0 spiro atoms. The number of allylic oxidation sites excluding steroid dienone is 2. The van der Waals surface area contributed by atoms with Gasteiger partial charge in [0, 0.05) is 0 Å². The van der Waals surface area contributed by atoms with Crippen molar-refractivity contribution in [3.8, 4) is 0 Å². The van der Waals surface area contributed by atoms with Gasteiger partial charge in [-0.05, 0) is 12.8 Å². The van der Waals surface area contributed by atoms with Gasteiger partial charge in [0.15, 0.2) is 0 Å². The molecule has 0 radical (unpaired) electrons. The number of carbonyl (C=O) groups excluding carboxylic acids is 2. The van der Waals surface area contributed by atoms with Crippen molar-refractivity contribution in [2.45, 2.75) is 20.8 Å². The molecule has 0 saturated heterocycles. The van der Waals surface area contributed by atoms with Crippen LogP contribution in [0.1, 0.15) is 20.8 Å². The van der Waals surface area contributed by atoms with Gasteiger partial charge in [-0.15, -0.1) is 0 Å². The van der Waals surface area contributed by atoms with Gasteiger partial charge in [-0.1, -0.05) is 13.8 Å². The summed E-state index contributed by atoms with van der Waals surface area (Å²) in [6, 6.07) is 0. The average Bonchev–Trinajstić information content (AvgIpc) is 2.21. The molecule has 8 nitrogen and oxygen atoms in total. The molecule has 0 aliphatic heterocycles. The van der Waals surface area contributed by atoms with Gasteiger partial charge in [-0.25, -0.2) is 0 Å². The molecule has 0 bridgehead atoms. The molecule has 0 aromatic carbocycles. The van der Waals surface area contributed by atoms with Crippen molar-refractivity contribution in [2.75, 3.05) is 0 Å².